The highest BCUT2D eigenvalue weighted by molar-refractivity contribution is 8.27. The first-order valence-corrected chi connectivity index (χ1v) is 10.4. The Kier molecular flexibility index (Phi) is 5.30. The van der Waals surface area contributed by atoms with Crippen molar-refractivity contribution >= 4 is 46.0 Å². The molecule has 4 rings (SSSR count). The lowest BCUT2D eigenvalue weighted by Gasteiger charge is -2.14. The van der Waals surface area contributed by atoms with Crippen LogP contribution in [0.2, 0.25) is 0 Å². The second kappa shape index (κ2) is 7.89. The zero-order valence-electron chi connectivity index (χ0n) is 16.4. The first-order valence-electron chi connectivity index (χ1n) is 9.16. The molecule has 1 aromatic heterocycles. The van der Waals surface area contributed by atoms with E-state index in [1.165, 1.54) is 11.8 Å². The first kappa shape index (κ1) is 19.5. The van der Waals surface area contributed by atoms with Gasteiger partial charge in [-0.25, -0.2) is 0 Å². The van der Waals surface area contributed by atoms with Gasteiger partial charge in [-0.1, -0.05) is 42.2 Å². The fourth-order valence-electron chi connectivity index (χ4n) is 3.47. The molecule has 146 valence electrons. The second-order valence-electron chi connectivity index (χ2n) is 6.71. The summed E-state index contributed by atoms with van der Waals surface area (Å²) in [4.78, 5) is 15.3. The molecular formula is C23H20N2O2S2. The minimum Gasteiger partial charge on any atom is -0.497 e. The third kappa shape index (κ3) is 3.61. The van der Waals surface area contributed by atoms with E-state index in [-0.39, 0.29) is 5.91 Å². The van der Waals surface area contributed by atoms with Gasteiger partial charge in [0.25, 0.3) is 5.91 Å². The summed E-state index contributed by atoms with van der Waals surface area (Å²) in [7, 11) is 1.61. The highest BCUT2D eigenvalue weighted by Crippen LogP contribution is 2.37. The zero-order valence-corrected chi connectivity index (χ0v) is 18.0. The normalized spacial score (nSPS) is 15.4. The van der Waals surface area contributed by atoms with E-state index in [4.69, 9.17) is 17.0 Å². The van der Waals surface area contributed by atoms with Crippen LogP contribution in [0.1, 0.15) is 17.0 Å². The van der Waals surface area contributed by atoms with Gasteiger partial charge in [0, 0.05) is 17.1 Å². The number of aromatic nitrogens is 1. The van der Waals surface area contributed by atoms with Gasteiger partial charge in [0.2, 0.25) is 0 Å². The Balaban J connectivity index is 1.67. The number of carbonyl (C=O) groups is 1. The number of nitrogens with zero attached hydrogens (tertiary/aromatic N) is 2. The number of benzene rings is 2. The molecule has 3 aromatic rings. The van der Waals surface area contributed by atoms with E-state index in [1.807, 2.05) is 48.5 Å². The summed E-state index contributed by atoms with van der Waals surface area (Å²) in [5, 5.41) is 0. The van der Waals surface area contributed by atoms with Gasteiger partial charge >= 0.3 is 0 Å². The number of aryl methyl sites for hydroxylation is 1. The SMILES string of the molecule is COc1ccc(N2C(=O)/C(=C\c3cc(C)n(-c4ccccc4)c3C)SC2=S)cc1. The number of thioether (sulfide) groups is 1. The van der Waals surface area contributed by atoms with Crippen molar-refractivity contribution < 1.29 is 9.53 Å². The van der Waals surface area contributed by atoms with Crippen molar-refractivity contribution in [1.82, 2.24) is 4.57 Å². The number of hydrogen-bond acceptors (Lipinski definition) is 4. The van der Waals surface area contributed by atoms with E-state index in [9.17, 15) is 4.79 Å². The van der Waals surface area contributed by atoms with Crippen LogP contribution < -0.4 is 9.64 Å². The maximum absolute atomic E-state index is 13.1. The monoisotopic (exact) mass is 420 g/mol. The average Bonchev–Trinajstić information content (AvgIpc) is 3.17. The molecule has 0 bridgehead atoms. The number of carbonyl (C=O) groups excluding carboxylic acids is 1. The minimum absolute atomic E-state index is 0.102. The van der Waals surface area contributed by atoms with Gasteiger partial charge in [-0.15, -0.1) is 0 Å². The Morgan fingerprint density at radius 3 is 2.34 bits per heavy atom. The smallest absolute Gasteiger partial charge is 0.270 e. The molecule has 0 atom stereocenters. The third-order valence-corrected chi connectivity index (χ3v) is 6.20. The molecule has 0 N–H and O–H groups in total. The Hall–Kier alpha value is -2.83. The van der Waals surface area contributed by atoms with E-state index in [2.05, 4.69) is 36.6 Å². The summed E-state index contributed by atoms with van der Waals surface area (Å²) >= 11 is 6.81. The summed E-state index contributed by atoms with van der Waals surface area (Å²) in [5.74, 6) is 0.637. The van der Waals surface area contributed by atoms with E-state index in [0.717, 1.165) is 34.1 Å². The largest absolute Gasteiger partial charge is 0.497 e. The molecule has 2 heterocycles. The molecule has 0 radical (unpaired) electrons. The van der Waals surface area contributed by atoms with Crippen molar-refractivity contribution in [2.45, 2.75) is 13.8 Å². The lowest BCUT2D eigenvalue weighted by molar-refractivity contribution is -0.113. The van der Waals surface area contributed by atoms with E-state index in [0.29, 0.717) is 9.23 Å². The number of rotatable bonds is 4. The second-order valence-corrected chi connectivity index (χ2v) is 8.39. The Labute approximate surface area is 179 Å². The van der Waals surface area contributed by atoms with E-state index >= 15 is 0 Å². The third-order valence-electron chi connectivity index (χ3n) is 4.90. The van der Waals surface area contributed by atoms with E-state index < -0.39 is 0 Å². The minimum atomic E-state index is -0.102. The maximum Gasteiger partial charge on any atom is 0.270 e. The van der Waals surface area contributed by atoms with Crippen molar-refractivity contribution in [1.29, 1.82) is 0 Å². The predicted octanol–water partition coefficient (Wildman–Crippen LogP) is 5.51. The van der Waals surface area contributed by atoms with Gasteiger partial charge in [0.15, 0.2) is 4.32 Å². The number of anilines is 1. The number of methoxy groups -OCH3 is 1. The van der Waals surface area contributed by atoms with Crippen molar-refractivity contribution in [3.05, 3.63) is 82.5 Å². The van der Waals surface area contributed by atoms with E-state index in [1.54, 1.807) is 12.0 Å². The molecule has 1 fully saturated rings. The molecule has 1 aliphatic heterocycles. The maximum atomic E-state index is 13.1. The molecule has 0 aliphatic carbocycles. The molecule has 1 saturated heterocycles. The van der Waals surface area contributed by atoms with Crippen LogP contribution in [0.5, 0.6) is 5.75 Å². The number of ether oxygens (including phenoxy) is 1. The molecule has 1 aliphatic rings. The van der Waals surface area contributed by atoms with Crippen molar-refractivity contribution in [2.75, 3.05) is 12.0 Å². The van der Waals surface area contributed by atoms with Crippen LogP contribution in [0, 0.1) is 13.8 Å². The summed E-state index contributed by atoms with van der Waals surface area (Å²) in [6.45, 7) is 4.13. The standard InChI is InChI=1S/C23H20N2O2S2/c1-15-13-17(16(2)24(15)18-7-5-4-6-8-18)14-21-22(26)25(23(28)29-21)19-9-11-20(27-3)12-10-19/h4-14H,1-3H3/b21-14+. The molecule has 6 heteroatoms. The van der Waals surface area contributed by atoms with Crippen LogP contribution in [0.3, 0.4) is 0 Å². The number of thiocarbonyl (C=S) groups is 1. The summed E-state index contributed by atoms with van der Waals surface area (Å²) in [6.07, 6.45) is 1.94. The molecule has 4 nitrogen and oxygen atoms in total. The van der Waals surface area contributed by atoms with Crippen LogP contribution in [-0.4, -0.2) is 21.9 Å². The summed E-state index contributed by atoms with van der Waals surface area (Å²) in [6, 6.07) is 19.6. The summed E-state index contributed by atoms with van der Waals surface area (Å²) < 4.78 is 7.91. The molecule has 1 amide bonds. The van der Waals surface area contributed by atoms with Crippen molar-refractivity contribution in [2.24, 2.45) is 0 Å². The van der Waals surface area contributed by atoms with Gasteiger partial charge in [-0.3, -0.25) is 9.69 Å². The lowest BCUT2D eigenvalue weighted by Crippen LogP contribution is -2.27. The highest BCUT2D eigenvalue weighted by Gasteiger charge is 2.33. The summed E-state index contributed by atoms with van der Waals surface area (Å²) in [5.41, 5.74) is 5.06. The van der Waals surface area contributed by atoms with Crippen LogP contribution >= 0.6 is 24.0 Å². The van der Waals surface area contributed by atoms with Crippen molar-refractivity contribution in [3.8, 4) is 11.4 Å². The molecule has 0 unspecified atom stereocenters. The zero-order chi connectivity index (χ0) is 20.5. The Morgan fingerprint density at radius 1 is 1.00 bits per heavy atom. The van der Waals surface area contributed by atoms with Crippen LogP contribution in [0.25, 0.3) is 11.8 Å². The average molecular weight is 421 g/mol. The quantitative estimate of drug-likeness (QED) is 0.412. The topological polar surface area (TPSA) is 34.5 Å². The fraction of sp³-hybridized carbons (Fsp3) is 0.130. The van der Waals surface area contributed by atoms with Gasteiger partial charge in [-0.05, 0) is 68.0 Å². The number of hydrogen-bond donors (Lipinski definition) is 0. The number of para-hydroxylation sites is 1. The van der Waals surface area contributed by atoms with Crippen LogP contribution in [0.15, 0.2) is 65.6 Å². The fourth-order valence-corrected chi connectivity index (χ4v) is 4.76. The highest BCUT2D eigenvalue weighted by atomic mass is 32.2. The van der Waals surface area contributed by atoms with Gasteiger partial charge in [-0.2, -0.15) is 0 Å². The Bertz CT molecular complexity index is 1120. The molecule has 0 spiro atoms. The molecular weight excluding hydrogens is 400 g/mol. The van der Waals surface area contributed by atoms with Crippen molar-refractivity contribution in [3.63, 3.8) is 0 Å². The molecule has 2 aromatic carbocycles. The van der Waals surface area contributed by atoms with Gasteiger partial charge in [0.1, 0.15) is 5.75 Å². The predicted molar refractivity (Wildman–Crippen MR) is 124 cm³/mol. The first-order chi connectivity index (χ1) is 14.0. The van der Waals surface area contributed by atoms with Gasteiger partial charge < -0.3 is 9.30 Å². The lowest BCUT2D eigenvalue weighted by atomic mass is 10.2. The van der Waals surface area contributed by atoms with Crippen LogP contribution in [0.4, 0.5) is 5.69 Å². The Morgan fingerprint density at radius 2 is 1.69 bits per heavy atom. The van der Waals surface area contributed by atoms with Crippen LogP contribution in [-0.2, 0) is 4.79 Å². The molecule has 0 saturated carbocycles. The van der Waals surface area contributed by atoms with Gasteiger partial charge in [0.05, 0.1) is 17.7 Å². The number of amides is 1. The molecule has 29 heavy (non-hydrogen) atoms.